The third kappa shape index (κ3) is 1.47. The average Bonchev–Trinajstić information content (AvgIpc) is 2.03. The van der Waals surface area contributed by atoms with Crippen molar-refractivity contribution in [3.8, 4) is 0 Å². The number of nitrogens with one attached hydrogen (secondary N) is 1. The molecule has 0 aromatic heterocycles. The Balaban J connectivity index is 2.05. The van der Waals surface area contributed by atoms with Crippen molar-refractivity contribution in [3.63, 3.8) is 0 Å². The number of aliphatic hydroxyl groups excluding tert-OH is 1. The van der Waals surface area contributed by atoms with Crippen LogP contribution < -0.4 is 5.32 Å². The van der Waals surface area contributed by atoms with Crippen LogP contribution >= 0.6 is 0 Å². The first-order valence-corrected chi connectivity index (χ1v) is 4.39. The van der Waals surface area contributed by atoms with Crippen LogP contribution in [0.5, 0.6) is 0 Å². The summed E-state index contributed by atoms with van der Waals surface area (Å²) >= 11 is 0. The highest BCUT2D eigenvalue weighted by atomic mass is 16.5. The summed E-state index contributed by atoms with van der Waals surface area (Å²) in [6.07, 6.45) is 1.19. The fourth-order valence-corrected chi connectivity index (χ4v) is 2.15. The van der Waals surface area contributed by atoms with Gasteiger partial charge in [-0.25, -0.2) is 0 Å². The lowest BCUT2D eigenvalue weighted by Gasteiger charge is -2.44. The lowest BCUT2D eigenvalue weighted by Crippen LogP contribution is -2.60. The molecule has 4 heteroatoms. The van der Waals surface area contributed by atoms with Crippen LogP contribution in [0.3, 0.4) is 0 Å². The standard InChI is InChI=1S/C8H15NO3/c10-5-8(11)1-6-3-12-4-7(2-8)9-6/h6-7,9-11H,1-5H2. The Morgan fingerprint density at radius 3 is 2.42 bits per heavy atom. The van der Waals surface area contributed by atoms with E-state index < -0.39 is 5.60 Å². The minimum absolute atomic E-state index is 0.137. The summed E-state index contributed by atoms with van der Waals surface area (Å²) in [7, 11) is 0. The molecule has 2 rings (SSSR count). The first-order valence-electron chi connectivity index (χ1n) is 4.39. The van der Waals surface area contributed by atoms with Crippen LogP contribution in [0, 0.1) is 0 Å². The van der Waals surface area contributed by atoms with Crippen LogP contribution in [-0.4, -0.2) is 47.7 Å². The molecule has 2 unspecified atom stereocenters. The molecule has 4 nitrogen and oxygen atoms in total. The van der Waals surface area contributed by atoms with Crippen molar-refractivity contribution >= 4 is 0 Å². The Morgan fingerprint density at radius 1 is 1.33 bits per heavy atom. The molecule has 0 radical (unpaired) electrons. The van der Waals surface area contributed by atoms with Gasteiger partial charge in [0.05, 0.1) is 25.4 Å². The predicted octanol–water partition coefficient (Wildman–Crippen LogP) is -1.14. The Labute approximate surface area is 71.5 Å². The molecule has 12 heavy (non-hydrogen) atoms. The molecule has 2 saturated heterocycles. The maximum absolute atomic E-state index is 9.84. The number of hydrogen-bond acceptors (Lipinski definition) is 4. The van der Waals surface area contributed by atoms with Gasteiger partial charge < -0.3 is 20.3 Å². The molecule has 0 aromatic rings. The SMILES string of the molecule is OCC1(O)CC2COCC(C1)N2. The van der Waals surface area contributed by atoms with Crippen LogP contribution in [0.15, 0.2) is 0 Å². The van der Waals surface area contributed by atoms with Crippen molar-refractivity contribution in [2.24, 2.45) is 0 Å². The smallest absolute Gasteiger partial charge is 0.0908 e. The van der Waals surface area contributed by atoms with E-state index in [1.165, 1.54) is 0 Å². The molecule has 0 amide bonds. The molecule has 0 spiro atoms. The molecular formula is C8H15NO3. The van der Waals surface area contributed by atoms with Crippen LogP contribution in [0.1, 0.15) is 12.8 Å². The summed E-state index contributed by atoms with van der Waals surface area (Å²) in [6, 6.07) is 0.435. The van der Waals surface area contributed by atoms with E-state index in [9.17, 15) is 5.11 Å². The van der Waals surface area contributed by atoms with E-state index in [2.05, 4.69) is 5.32 Å². The van der Waals surface area contributed by atoms with Crippen LogP contribution in [0.4, 0.5) is 0 Å². The number of aliphatic hydroxyl groups is 2. The summed E-state index contributed by atoms with van der Waals surface area (Å²) in [5, 5.41) is 22.2. The Bertz CT molecular complexity index is 162. The summed E-state index contributed by atoms with van der Waals surface area (Å²) in [4.78, 5) is 0. The molecule has 2 aliphatic heterocycles. The van der Waals surface area contributed by atoms with Crippen molar-refractivity contribution in [2.45, 2.75) is 30.5 Å². The molecular weight excluding hydrogens is 158 g/mol. The van der Waals surface area contributed by atoms with E-state index in [4.69, 9.17) is 9.84 Å². The van der Waals surface area contributed by atoms with Gasteiger partial charge in [-0.2, -0.15) is 0 Å². The Morgan fingerprint density at radius 2 is 1.92 bits per heavy atom. The van der Waals surface area contributed by atoms with E-state index in [0.29, 0.717) is 26.1 Å². The van der Waals surface area contributed by atoms with Gasteiger partial charge in [0.1, 0.15) is 0 Å². The summed E-state index contributed by atoms with van der Waals surface area (Å²) in [5.41, 5.74) is -0.871. The second-order valence-electron chi connectivity index (χ2n) is 3.89. The van der Waals surface area contributed by atoms with Gasteiger partial charge in [-0.1, -0.05) is 0 Å². The van der Waals surface area contributed by atoms with Gasteiger partial charge in [0, 0.05) is 12.1 Å². The van der Waals surface area contributed by atoms with Gasteiger partial charge in [-0.05, 0) is 12.8 Å². The van der Waals surface area contributed by atoms with Crippen LogP contribution in [0.25, 0.3) is 0 Å². The first-order chi connectivity index (χ1) is 5.72. The molecule has 0 saturated carbocycles. The molecule has 70 valence electrons. The number of rotatable bonds is 1. The largest absolute Gasteiger partial charge is 0.393 e. The van der Waals surface area contributed by atoms with Gasteiger partial charge in [-0.15, -0.1) is 0 Å². The highest BCUT2D eigenvalue weighted by Crippen LogP contribution is 2.27. The van der Waals surface area contributed by atoms with Crippen molar-refractivity contribution in [2.75, 3.05) is 19.8 Å². The quantitative estimate of drug-likeness (QED) is 0.469. The van der Waals surface area contributed by atoms with Crippen molar-refractivity contribution in [3.05, 3.63) is 0 Å². The van der Waals surface area contributed by atoms with E-state index in [1.807, 2.05) is 0 Å². The van der Waals surface area contributed by atoms with Crippen LogP contribution in [0.2, 0.25) is 0 Å². The van der Waals surface area contributed by atoms with E-state index >= 15 is 0 Å². The Kier molecular flexibility index (Phi) is 2.08. The molecule has 2 atom stereocenters. The zero-order valence-electron chi connectivity index (χ0n) is 6.99. The Hall–Kier alpha value is -0.160. The zero-order chi connectivity index (χ0) is 8.60. The molecule has 2 bridgehead atoms. The maximum atomic E-state index is 9.84. The number of fused-ring (bicyclic) bond motifs is 2. The molecule has 3 N–H and O–H groups in total. The van der Waals surface area contributed by atoms with E-state index in [0.717, 1.165) is 0 Å². The third-order valence-corrected chi connectivity index (χ3v) is 2.66. The summed E-state index contributed by atoms with van der Waals surface area (Å²) in [6.45, 7) is 1.17. The monoisotopic (exact) mass is 173 g/mol. The highest BCUT2D eigenvalue weighted by Gasteiger charge is 2.40. The van der Waals surface area contributed by atoms with E-state index in [1.54, 1.807) is 0 Å². The number of ether oxygens (including phenoxy) is 1. The number of piperidine rings is 1. The van der Waals surface area contributed by atoms with Crippen LogP contribution in [-0.2, 0) is 4.74 Å². The third-order valence-electron chi connectivity index (χ3n) is 2.66. The maximum Gasteiger partial charge on any atom is 0.0908 e. The second kappa shape index (κ2) is 2.96. The molecule has 0 aliphatic carbocycles. The van der Waals surface area contributed by atoms with Gasteiger partial charge >= 0.3 is 0 Å². The predicted molar refractivity (Wildman–Crippen MR) is 42.8 cm³/mol. The lowest BCUT2D eigenvalue weighted by atomic mass is 9.83. The van der Waals surface area contributed by atoms with Gasteiger partial charge in [0.15, 0.2) is 0 Å². The molecule has 0 aromatic carbocycles. The molecule has 2 aliphatic rings. The summed E-state index contributed by atoms with van der Waals surface area (Å²) < 4.78 is 5.32. The van der Waals surface area contributed by atoms with Crippen molar-refractivity contribution < 1.29 is 14.9 Å². The van der Waals surface area contributed by atoms with Crippen molar-refractivity contribution in [1.29, 1.82) is 0 Å². The molecule has 2 heterocycles. The number of hydrogen-bond donors (Lipinski definition) is 3. The minimum Gasteiger partial charge on any atom is -0.393 e. The van der Waals surface area contributed by atoms with E-state index in [-0.39, 0.29) is 18.7 Å². The average molecular weight is 173 g/mol. The topological polar surface area (TPSA) is 61.7 Å². The molecule has 2 fully saturated rings. The highest BCUT2D eigenvalue weighted by molar-refractivity contribution is 4.96. The summed E-state index contributed by atoms with van der Waals surface area (Å²) in [5.74, 6) is 0. The normalized spacial score (nSPS) is 47.5. The van der Waals surface area contributed by atoms with Gasteiger partial charge in [0.25, 0.3) is 0 Å². The fourth-order valence-electron chi connectivity index (χ4n) is 2.15. The second-order valence-corrected chi connectivity index (χ2v) is 3.89. The number of morpholine rings is 1. The first kappa shape index (κ1) is 8.44. The fraction of sp³-hybridized carbons (Fsp3) is 1.00. The zero-order valence-corrected chi connectivity index (χ0v) is 6.99. The lowest BCUT2D eigenvalue weighted by molar-refractivity contribution is -0.0990. The van der Waals surface area contributed by atoms with Gasteiger partial charge in [-0.3, -0.25) is 0 Å². The van der Waals surface area contributed by atoms with Gasteiger partial charge in [0.2, 0.25) is 0 Å². The van der Waals surface area contributed by atoms with Crippen molar-refractivity contribution in [1.82, 2.24) is 5.32 Å². The minimum atomic E-state index is -0.871.